The van der Waals surface area contributed by atoms with Crippen molar-refractivity contribution in [3.05, 3.63) is 58.6 Å². The van der Waals surface area contributed by atoms with Crippen molar-refractivity contribution in [2.45, 2.75) is 11.8 Å². The Morgan fingerprint density at radius 1 is 0.952 bits per heavy atom. The van der Waals surface area contributed by atoms with Gasteiger partial charge in [0.1, 0.15) is 19.0 Å². The molecular formula is C15H15BrO4S. The van der Waals surface area contributed by atoms with E-state index in [0.29, 0.717) is 5.75 Å². The summed E-state index contributed by atoms with van der Waals surface area (Å²) in [5.74, 6) is 0.662. The second-order valence-electron chi connectivity index (χ2n) is 4.39. The normalized spacial score (nSPS) is 11.3. The fourth-order valence-electron chi connectivity index (χ4n) is 1.61. The molecule has 0 atom stereocenters. The molecule has 0 fully saturated rings. The number of halogens is 1. The lowest BCUT2D eigenvalue weighted by Crippen LogP contribution is -2.13. The SMILES string of the molecule is Cc1ccc(S(=O)(=O)OCCOc2ccc(Br)cc2)cc1. The molecule has 0 radical (unpaired) electrons. The summed E-state index contributed by atoms with van der Waals surface area (Å²) in [5.41, 5.74) is 0.993. The highest BCUT2D eigenvalue weighted by Crippen LogP contribution is 2.16. The molecule has 0 aliphatic heterocycles. The Kier molecular flexibility index (Phi) is 5.39. The zero-order valence-corrected chi connectivity index (χ0v) is 13.9. The third-order valence-corrected chi connectivity index (χ3v) is 4.57. The van der Waals surface area contributed by atoms with Crippen LogP contribution >= 0.6 is 15.9 Å². The van der Waals surface area contributed by atoms with E-state index in [1.807, 2.05) is 19.1 Å². The third-order valence-electron chi connectivity index (χ3n) is 2.71. The van der Waals surface area contributed by atoms with Gasteiger partial charge in [-0.15, -0.1) is 0 Å². The molecule has 0 amide bonds. The average Bonchev–Trinajstić information content (AvgIpc) is 2.46. The summed E-state index contributed by atoms with van der Waals surface area (Å²) in [5, 5.41) is 0. The fourth-order valence-corrected chi connectivity index (χ4v) is 2.76. The molecule has 0 aliphatic carbocycles. The molecular weight excluding hydrogens is 356 g/mol. The Morgan fingerprint density at radius 2 is 1.57 bits per heavy atom. The van der Waals surface area contributed by atoms with E-state index in [1.165, 1.54) is 12.1 Å². The van der Waals surface area contributed by atoms with Gasteiger partial charge < -0.3 is 4.74 Å². The van der Waals surface area contributed by atoms with Crippen molar-refractivity contribution in [1.82, 2.24) is 0 Å². The maximum atomic E-state index is 11.9. The second kappa shape index (κ2) is 7.06. The summed E-state index contributed by atoms with van der Waals surface area (Å²) in [4.78, 5) is 0.150. The quantitative estimate of drug-likeness (QED) is 0.576. The standard InChI is InChI=1S/C15H15BrO4S/c1-12-2-8-15(9-3-12)21(17,18)20-11-10-19-14-6-4-13(16)5-7-14/h2-9H,10-11H2,1H3. The monoisotopic (exact) mass is 370 g/mol. The highest BCUT2D eigenvalue weighted by atomic mass is 79.9. The van der Waals surface area contributed by atoms with Crippen LogP contribution in [0.15, 0.2) is 57.9 Å². The van der Waals surface area contributed by atoms with E-state index < -0.39 is 10.1 Å². The van der Waals surface area contributed by atoms with Crippen molar-refractivity contribution in [2.75, 3.05) is 13.2 Å². The first-order chi connectivity index (χ1) is 9.97. The average molecular weight is 371 g/mol. The van der Waals surface area contributed by atoms with Gasteiger partial charge in [-0.25, -0.2) is 0 Å². The Morgan fingerprint density at radius 3 is 2.19 bits per heavy atom. The second-order valence-corrected chi connectivity index (χ2v) is 6.92. The van der Waals surface area contributed by atoms with Gasteiger partial charge in [0.15, 0.2) is 0 Å². The molecule has 2 aromatic rings. The van der Waals surface area contributed by atoms with E-state index in [-0.39, 0.29) is 18.1 Å². The molecule has 2 rings (SSSR count). The van der Waals surface area contributed by atoms with Crippen LogP contribution in [0.2, 0.25) is 0 Å². The number of rotatable bonds is 6. The van der Waals surface area contributed by atoms with Crippen molar-refractivity contribution in [1.29, 1.82) is 0 Å². The van der Waals surface area contributed by atoms with Gasteiger partial charge in [0.25, 0.3) is 10.1 Å². The minimum absolute atomic E-state index is 0.0354. The molecule has 0 saturated carbocycles. The maximum Gasteiger partial charge on any atom is 0.297 e. The number of aryl methyl sites for hydroxylation is 1. The summed E-state index contributed by atoms with van der Waals surface area (Å²) in [6.07, 6.45) is 0. The van der Waals surface area contributed by atoms with E-state index >= 15 is 0 Å². The first-order valence-corrected chi connectivity index (χ1v) is 8.52. The Labute approximate surface area is 133 Å². The third kappa shape index (κ3) is 4.84. The fraction of sp³-hybridized carbons (Fsp3) is 0.200. The summed E-state index contributed by atoms with van der Waals surface area (Å²) < 4.78 is 35.1. The Hall–Kier alpha value is -1.37. The van der Waals surface area contributed by atoms with Crippen LogP contribution in [0.4, 0.5) is 0 Å². The molecule has 0 saturated heterocycles. The number of benzene rings is 2. The van der Waals surface area contributed by atoms with Crippen LogP contribution < -0.4 is 4.74 Å². The van der Waals surface area contributed by atoms with Gasteiger partial charge in [-0.1, -0.05) is 33.6 Å². The number of hydrogen-bond donors (Lipinski definition) is 0. The van der Waals surface area contributed by atoms with Crippen LogP contribution in [0.1, 0.15) is 5.56 Å². The van der Waals surface area contributed by atoms with Gasteiger partial charge in [0, 0.05) is 4.47 Å². The molecule has 0 heterocycles. The summed E-state index contributed by atoms with van der Waals surface area (Å²) in [7, 11) is -3.73. The lowest BCUT2D eigenvalue weighted by molar-refractivity contribution is 0.221. The van der Waals surface area contributed by atoms with Crippen LogP contribution in [-0.4, -0.2) is 21.6 Å². The van der Waals surface area contributed by atoms with Crippen LogP contribution in [-0.2, 0) is 14.3 Å². The minimum Gasteiger partial charge on any atom is -0.491 e. The highest BCUT2D eigenvalue weighted by Gasteiger charge is 2.14. The smallest absolute Gasteiger partial charge is 0.297 e. The molecule has 0 bridgehead atoms. The molecule has 0 aromatic heterocycles. The minimum atomic E-state index is -3.73. The largest absolute Gasteiger partial charge is 0.491 e. The van der Waals surface area contributed by atoms with Crippen molar-refractivity contribution in [3.8, 4) is 5.75 Å². The molecule has 112 valence electrons. The van der Waals surface area contributed by atoms with Gasteiger partial charge in [-0.2, -0.15) is 8.42 Å². The van der Waals surface area contributed by atoms with E-state index in [9.17, 15) is 8.42 Å². The number of hydrogen-bond acceptors (Lipinski definition) is 4. The van der Waals surface area contributed by atoms with Crippen LogP contribution in [0.5, 0.6) is 5.75 Å². The van der Waals surface area contributed by atoms with Gasteiger partial charge in [0.05, 0.1) is 4.90 Å². The van der Waals surface area contributed by atoms with Crippen LogP contribution in [0, 0.1) is 6.92 Å². The molecule has 0 unspecified atom stereocenters. The van der Waals surface area contributed by atoms with E-state index in [1.54, 1.807) is 24.3 Å². The predicted molar refractivity (Wildman–Crippen MR) is 84.0 cm³/mol. The van der Waals surface area contributed by atoms with Crippen molar-refractivity contribution < 1.29 is 17.3 Å². The Balaban J connectivity index is 1.85. The van der Waals surface area contributed by atoms with Gasteiger partial charge in [-0.05, 0) is 43.3 Å². The van der Waals surface area contributed by atoms with Crippen molar-refractivity contribution in [2.24, 2.45) is 0 Å². The first-order valence-electron chi connectivity index (χ1n) is 6.32. The van der Waals surface area contributed by atoms with E-state index in [4.69, 9.17) is 8.92 Å². The Bertz CT molecular complexity index is 679. The summed E-state index contributed by atoms with van der Waals surface area (Å²) in [6, 6.07) is 13.8. The van der Waals surface area contributed by atoms with Crippen LogP contribution in [0.25, 0.3) is 0 Å². The zero-order valence-electron chi connectivity index (χ0n) is 11.5. The lowest BCUT2D eigenvalue weighted by Gasteiger charge is -2.08. The van der Waals surface area contributed by atoms with Gasteiger partial charge in [0.2, 0.25) is 0 Å². The van der Waals surface area contributed by atoms with Gasteiger partial charge >= 0.3 is 0 Å². The summed E-state index contributed by atoms with van der Waals surface area (Å²) >= 11 is 3.32. The predicted octanol–water partition coefficient (Wildman–Crippen LogP) is 3.54. The lowest BCUT2D eigenvalue weighted by atomic mass is 10.2. The highest BCUT2D eigenvalue weighted by molar-refractivity contribution is 9.10. The molecule has 2 aromatic carbocycles. The topological polar surface area (TPSA) is 52.6 Å². The van der Waals surface area contributed by atoms with Crippen molar-refractivity contribution >= 4 is 26.0 Å². The van der Waals surface area contributed by atoms with Crippen LogP contribution in [0.3, 0.4) is 0 Å². The zero-order chi connectivity index (χ0) is 15.3. The van der Waals surface area contributed by atoms with Gasteiger partial charge in [-0.3, -0.25) is 4.18 Å². The molecule has 0 aliphatic rings. The molecule has 0 spiro atoms. The van der Waals surface area contributed by atoms with E-state index in [0.717, 1.165) is 10.0 Å². The van der Waals surface area contributed by atoms with Crippen molar-refractivity contribution in [3.63, 3.8) is 0 Å². The summed E-state index contributed by atoms with van der Waals surface area (Å²) in [6.45, 7) is 2.02. The molecule has 6 heteroatoms. The van der Waals surface area contributed by atoms with E-state index in [2.05, 4.69) is 15.9 Å². The maximum absolute atomic E-state index is 11.9. The first kappa shape index (κ1) is 16.0. The molecule has 21 heavy (non-hydrogen) atoms. The molecule has 0 N–H and O–H groups in total. The number of ether oxygens (including phenoxy) is 1. The molecule has 4 nitrogen and oxygen atoms in total.